The first-order valence-electron chi connectivity index (χ1n) is 8.34. The van der Waals surface area contributed by atoms with Gasteiger partial charge in [0.15, 0.2) is 16.6 Å². The highest BCUT2D eigenvalue weighted by Gasteiger charge is 2.15. The van der Waals surface area contributed by atoms with Crippen molar-refractivity contribution in [1.82, 2.24) is 4.98 Å². The van der Waals surface area contributed by atoms with Gasteiger partial charge >= 0.3 is 0 Å². The summed E-state index contributed by atoms with van der Waals surface area (Å²) in [6.07, 6.45) is 0. The molecule has 1 amide bonds. The number of nitrogens with zero attached hydrogens (tertiary/aromatic N) is 1. The third kappa shape index (κ3) is 3.28. The maximum Gasteiger partial charge on any atom is 0.257 e. The highest BCUT2D eigenvalue weighted by atomic mass is 32.1. The second-order valence-electron chi connectivity index (χ2n) is 6.17. The normalized spacial score (nSPS) is 12.7. The van der Waals surface area contributed by atoms with Crippen LogP contribution in [0.5, 0.6) is 11.5 Å². The molecule has 0 spiro atoms. The molecule has 1 aromatic heterocycles. The van der Waals surface area contributed by atoms with E-state index >= 15 is 0 Å². The van der Waals surface area contributed by atoms with Crippen LogP contribution in [0.4, 0.5) is 5.13 Å². The Kier molecular flexibility index (Phi) is 4.34. The number of hydrogen-bond acceptors (Lipinski definition) is 5. The molecule has 0 unspecified atom stereocenters. The highest BCUT2D eigenvalue weighted by molar-refractivity contribution is 7.14. The Hall–Kier alpha value is -2.86. The van der Waals surface area contributed by atoms with Gasteiger partial charge in [-0.25, -0.2) is 4.98 Å². The largest absolute Gasteiger partial charge is 0.486 e. The van der Waals surface area contributed by atoms with Gasteiger partial charge in [-0.05, 0) is 43.7 Å². The number of anilines is 1. The molecule has 3 aromatic rings. The summed E-state index contributed by atoms with van der Waals surface area (Å²) in [6.45, 7) is 5.06. The molecule has 0 fully saturated rings. The highest BCUT2D eigenvalue weighted by Crippen LogP contribution is 2.35. The topological polar surface area (TPSA) is 60.5 Å². The lowest BCUT2D eigenvalue weighted by Gasteiger charge is -2.18. The molecule has 1 N–H and O–H groups in total. The molecule has 4 rings (SSSR count). The molecule has 0 saturated carbocycles. The molecule has 0 bridgehead atoms. The van der Waals surface area contributed by atoms with Gasteiger partial charge in [0, 0.05) is 16.5 Å². The van der Waals surface area contributed by atoms with Crippen LogP contribution in [0.25, 0.3) is 11.3 Å². The third-order valence-electron chi connectivity index (χ3n) is 4.19. The average molecular weight is 366 g/mol. The van der Waals surface area contributed by atoms with E-state index in [4.69, 9.17) is 9.47 Å². The minimum absolute atomic E-state index is 0.148. The number of amides is 1. The first-order valence-corrected chi connectivity index (χ1v) is 9.22. The van der Waals surface area contributed by atoms with Crippen LogP contribution in [-0.4, -0.2) is 24.1 Å². The van der Waals surface area contributed by atoms with E-state index in [-0.39, 0.29) is 5.91 Å². The maximum atomic E-state index is 12.5. The minimum atomic E-state index is -0.148. The van der Waals surface area contributed by atoms with Gasteiger partial charge < -0.3 is 9.47 Å². The zero-order valence-corrected chi connectivity index (χ0v) is 15.4. The number of aryl methyl sites for hydroxylation is 2. The zero-order chi connectivity index (χ0) is 18.1. The molecule has 26 heavy (non-hydrogen) atoms. The molecule has 2 heterocycles. The quantitative estimate of drug-likeness (QED) is 0.744. The van der Waals surface area contributed by atoms with E-state index in [2.05, 4.69) is 10.3 Å². The second kappa shape index (κ2) is 6.80. The van der Waals surface area contributed by atoms with E-state index in [0.29, 0.717) is 23.9 Å². The lowest BCUT2D eigenvalue weighted by Crippen LogP contribution is -2.15. The number of rotatable bonds is 3. The fraction of sp³-hybridized carbons (Fsp3) is 0.200. The molecular formula is C20H18N2O3S. The molecule has 0 radical (unpaired) electrons. The van der Waals surface area contributed by atoms with Crippen molar-refractivity contribution in [2.45, 2.75) is 13.8 Å². The molecule has 0 atom stereocenters. The van der Waals surface area contributed by atoms with Crippen LogP contribution in [0.3, 0.4) is 0 Å². The van der Waals surface area contributed by atoms with E-state index in [9.17, 15) is 4.79 Å². The summed E-state index contributed by atoms with van der Waals surface area (Å²) in [5.74, 6) is 1.33. The Morgan fingerprint density at radius 3 is 2.69 bits per heavy atom. The molecular weight excluding hydrogens is 348 g/mol. The molecule has 0 aliphatic carbocycles. The van der Waals surface area contributed by atoms with Crippen LogP contribution in [0.1, 0.15) is 21.5 Å². The molecule has 5 nitrogen and oxygen atoms in total. The number of hydrogen-bond donors (Lipinski definition) is 1. The van der Waals surface area contributed by atoms with Gasteiger partial charge in [-0.3, -0.25) is 10.1 Å². The van der Waals surface area contributed by atoms with Gasteiger partial charge in [-0.15, -0.1) is 11.3 Å². The Morgan fingerprint density at radius 2 is 1.88 bits per heavy atom. The van der Waals surface area contributed by atoms with Crippen LogP contribution in [0.2, 0.25) is 0 Å². The summed E-state index contributed by atoms with van der Waals surface area (Å²) < 4.78 is 11.2. The van der Waals surface area contributed by atoms with E-state index in [1.807, 2.05) is 55.6 Å². The summed E-state index contributed by atoms with van der Waals surface area (Å²) in [6, 6.07) is 11.5. The van der Waals surface area contributed by atoms with Crippen molar-refractivity contribution in [3.8, 4) is 22.8 Å². The third-order valence-corrected chi connectivity index (χ3v) is 4.95. The Bertz CT molecular complexity index is 981. The number of benzene rings is 2. The van der Waals surface area contributed by atoms with Gasteiger partial charge in [0.2, 0.25) is 0 Å². The smallest absolute Gasteiger partial charge is 0.257 e. The van der Waals surface area contributed by atoms with Gasteiger partial charge in [0.05, 0.1) is 5.69 Å². The molecule has 2 aromatic carbocycles. The van der Waals surface area contributed by atoms with Crippen LogP contribution >= 0.6 is 11.3 Å². The lowest BCUT2D eigenvalue weighted by molar-refractivity contribution is 0.102. The Labute approximate surface area is 155 Å². The Balaban J connectivity index is 1.54. The van der Waals surface area contributed by atoms with Crippen molar-refractivity contribution < 1.29 is 14.3 Å². The van der Waals surface area contributed by atoms with Gasteiger partial charge in [-0.2, -0.15) is 0 Å². The number of carbonyl (C=O) groups is 1. The van der Waals surface area contributed by atoms with Gasteiger partial charge in [0.1, 0.15) is 13.2 Å². The maximum absolute atomic E-state index is 12.5. The molecule has 6 heteroatoms. The standard InChI is InChI=1S/C20H18N2O3S/c1-12-3-5-15(13(2)9-12)19(23)22-20-21-16(11-26-20)14-4-6-17-18(10-14)25-8-7-24-17/h3-6,9-11H,7-8H2,1-2H3,(H,21,22,23). The summed E-state index contributed by atoms with van der Waals surface area (Å²) in [5.41, 5.74) is 4.47. The van der Waals surface area contributed by atoms with Gasteiger partial charge in [-0.1, -0.05) is 17.7 Å². The van der Waals surface area contributed by atoms with E-state index in [1.165, 1.54) is 11.3 Å². The number of carbonyl (C=O) groups excluding carboxylic acids is 1. The van der Waals surface area contributed by atoms with Crippen molar-refractivity contribution >= 4 is 22.4 Å². The number of nitrogens with one attached hydrogen (secondary N) is 1. The molecule has 1 aliphatic heterocycles. The summed E-state index contributed by atoms with van der Waals surface area (Å²) in [7, 11) is 0. The fourth-order valence-corrected chi connectivity index (χ4v) is 3.61. The van der Waals surface area contributed by atoms with E-state index < -0.39 is 0 Å². The van der Waals surface area contributed by atoms with Crippen LogP contribution in [-0.2, 0) is 0 Å². The first-order chi connectivity index (χ1) is 12.6. The minimum Gasteiger partial charge on any atom is -0.486 e. The van der Waals surface area contributed by atoms with Gasteiger partial charge in [0.25, 0.3) is 5.91 Å². The van der Waals surface area contributed by atoms with Crippen molar-refractivity contribution in [2.24, 2.45) is 0 Å². The summed E-state index contributed by atoms with van der Waals surface area (Å²) >= 11 is 1.40. The van der Waals surface area contributed by atoms with Crippen molar-refractivity contribution in [3.05, 3.63) is 58.5 Å². The Morgan fingerprint density at radius 1 is 1.08 bits per heavy atom. The van der Waals surface area contributed by atoms with E-state index in [1.54, 1.807) is 0 Å². The van der Waals surface area contributed by atoms with Crippen LogP contribution in [0.15, 0.2) is 41.8 Å². The number of thiazole rings is 1. The number of fused-ring (bicyclic) bond motifs is 1. The van der Waals surface area contributed by atoms with Crippen LogP contribution < -0.4 is 14.8 Å². The van der Waals surface area contributed by atoms with E-state index in [0.717, 1.165) is 33.9 Å². The first kappa shape index (κ1) is 16.6. The second-order valence-corrected chi connectivity index (χ2v) is 7.03. The lowest BCUT2D eigenvalue weighted by atomic mass is 10.1. The fourth-order valence-electron chi connectivity index (χ4n) is 2.90. The summed E-state index contributed by atoms with van der Waals surface area (Å²) in [5, 5.41) is 5.37. The van der Waals surface area contributed by atoms with Crippen molar-refractivity contribution in [2.75, 3.05) is 18.5 Å². The predicted octanol–water partition coefficient (Wildman–Crippen LogP) is 4.45. The molecule has 132 valence electrons. The molecule has 1 aliphatic rings. The number of ether oxygens (including phenoxy) is 2. The predicted molar refractivity (Wildman–Crippen MR) is 102 cm³/mol. The monoisotopic (exact) mass is 366 g/mol. The number of aromatic nitrogens is 1. The van der Waals surface area contributed by atoms with Crippen molar-refractivity contribution in [1.29, 1.82) is 0 Å². The SMILES string of the molecule is Cc1ccc(C(=O)Nc2nc(-c3ccc4c(c3)OCCO4)cs2)c(C)c1. The zero-order valence-electron chi connectivity index (χ0n) is 14.5. The van der Waals surface area contributed by atoms with Crippen LogP contribution in [0, 0.1) is 13.8 Å². The molecule has 0 saturated heterocycles. The average Bonchev–Trinajstić information content (AvgIpc) is 3.09. The van der Waals surface area contributed by atoms with Crippen molar-refractivity contribution in [3.63, 3.8) is 0 Å². The summed E-state index contributed by atoms with van der Waals surface area (Å²) in [4.78, 5) is 17.0.